The van der Waals surface area contributed by atoms with E-state index in [1.165, 1.54) is 16.8 Å². The van der Waals surface area contributed by atoms with Gasteiger partial charge in [0.1, 0.15) is 5.82 Å². The predicted octanol–water partition coefficient (Wildman–Crippen LogP) is 3.04. The van der Waals surface area contributed by atoms with Gasteiger partial charge in [0.05, 0.1) is 17.4 Å². The van der Waals surface area contributed by atoms with E-state index in [9.17, 15) is 13.2 Å². The van der Waals surface area contributed by atoms with Gasteiger partial charge in [-0.1, -0.05) is 13.0 Å². The minimum Gasteiger partial charge on any atom is -0.383 e. The predicted molar refractivity (Wildman–Crippen MR) is 62.4 cm³/mol. The zero-order valence-corrected chi connectivity index (χ0v) is 9.70. The van der Waals surface area contributed by atoms with Crippen molar-refractivity contribution in [3.63, 3.8) is 0 Å². The molecule has 18 heavy (non-hydrogen) atoms. The molecule has 3 nitrogen and oxygen atoms in total. The van der Waals surface area contributed by atoms with Gasteiger partial charge >= 0.3 is 6.18 Å². The molecule has 0 aliphatic heterocycles. The molecule has 0 saturated heterocycles. The van der Waals surface area contributed by atoms with Gasteiger partial charge in [-0.15, -0.1) is 0 Å². The lowest BCUT2D eigenvalue weighted by molar-refractivity contribution is -0.137. The van der Waals surface area contributed by atoms with E-state index in [0.717, 1.165) is 17.7 Å². The summed E-state index contributed by atoms with van der Waals surface area (Å²) < 4.78 is 39.1. The van der Waals surface area contributed by atoms with Crippen LogP contribution in [0.2, 0.25) is 0 Å². The Kier molecular flexibility index (Phi) is 3.02. The third kappa shape index (κ3) is 2.18. The summed E-state index contributed by atoms with van der Waals surface area (Å²) in [7, 11) is 0. The molecule has 0 saturated carbocycles. The highest BCUT2D eigenvalue weighted by molar-refractivity contribution is 5.48. The van der Waals surface area contributed by atoms with Crippen molar-refractivity contribution in [3.8, 4) is 5.69 Å². The molecular formula is C12H12F3N3. The Morgan fingerprint density at radius 1 is 1.33 bits per heavy atom. The first-order chi connectivity index (χ1) is 8.43. The minimum absolute atomic E-state index is 0.307. The number of aryl methyl sites for hydroxylation is 1. The normalized spacial score (nSPS) is 11.8. The van der Waals surface area contributed by atoms with Crippen LogP contribution >= 0.6 is 0 Å². The first kappa shape index (κ1) is 12.5. The van der Waals surface area contributed by atoms with E-state index in [2.05, 4.69) is 5.10 Å². The number of rotatable bonds is 2. The molecule has 2 rings (SSSR count). The number of hydrogen-bond donors (Lipinski definition) is 1. The van der Waals surface area contributed by atoms with Crippen molar-refractivity contribution >= 4 is 5.82 Å². The second kappa shape index (κ2) is 4.36. The molecule has 2 N–H and O–H groups in total. The number of alkyl halides is 3. The number of nitrogen functional groups attached to an aromatic ring is 1. The highest BCUT2D eigenvalue weighted by atomic mass is 19.4. The maximum absolute atomic E-state index is 12.6. The smallest absolute Gasteiger partial charge is 0.383 e. The van der Waals surface area contributed by atoms with Gasteiger partial charge in [-0.3, -0.25) is 0 Å². The number of benzene rings is 1. The third-order valence-electron chi connectivity index (χ3n) is 2.69. The Morgan fingerprint density at radius 2 is 2.06 bits per heavy atom. The lowest BCUT2D eigenvalue weighted by atomic mass is 10.2. The summed E-state index contributed by atoms with van der Waals surface area (Å²) in [6, 6.07) is 4.93. The Hall–Kier alpha value is -1.98. The standard InChI is InChI=1S/C12H12F3N3/c1-2-8-7-17-18(11(8)16)10-5-3-4-9(6-10)12(13,14)15/h3-7H,2,16H2,1H3. The highest BCUT2D eigenvalue weighted by Crippen LogP contribution is 2.30. The van der Waals surface area contributed by atoms with Gasteiger partial charge < -0.3 is 5.73 Å². The van der Waals surface area contributed by atoms with Crippen molar-refractivity contribution in [2.45, 2.75) is 19.5 Å². The van der Waals surface area contributed by atoms with Crippen molar-refractivity contribution in [2.24, 2.45) is 0 Å². The molecule has 0 spiro atoms. The van der Waals surface area contributed by atoms with Gasteiger partial charge in [-0.25, -0.2) is 4.68 Å². The third-order valence-corrected chi connectivity index (χ3v) is 2.69. The molecule has 1 heterocycles. The van der Waals surface area contributed by atoms with Gasteiger partial charge in [0.25, 0.3) is 0 Å². The largest absolute Gasteiger partial charge is 0.416 e. The van der Waals surface area contributed by atoms with E-state index in [1.807, 2.05) is 6.92 Å². The average molecular weight is 255 g/mol. The number of aromatic nitrogens is 2. The Morgan fingerprint density at radius 3 is 2.61 bits per heavy atom. The van der Waals surface area contributed by atoms with Crippen molar-refractivity contribution in [1.29, 1.82) is 0 Å². The summed E-state index contributed by atoms with van der Waals surface area (Å²) in [6.07, 6.45) is -2.12. The molecule has 96 valence electrons. The van der Waals surface area contributed by atoms with E-state index in [0.29, 0.717) is 17.9 Å². The van der Waals surface area contributed by atoms with Crippen LogP contribution in [0.15, 0.2) is 30.5 Å². The fraction of sp³-hybridized carbons (Fsp3) is 0.250. The van der Waals surface area contributed by atoms with Gasteiger partial charge in [0, 0.05) is 5.56 Å². The number of nitrogens with two attached hydrogens (primary N) is 1. The lowest BCUT2D eigenvalue weighted by Gasteiger charge is -2.09. The maximum Gasteiger partial charge on any atom is 0.416 e. The Labute approximate surface area is 102 Å². The van der Waals surface area contributed by atoms with E-state index in [-0.39, 0.29) is 0 Å². The van der Waals surface area contributed by atoms with E-state index < -0.39 is 11.7 Å². The number of halogens is 3. The molecule has 6 heteroatoms. The van der Waals surface area contributed by atoms with Crippen LogP contribution in [0.4, 0.5) is 19.0 Å². The van der Waals surface area contributed by atoms with Crippen molar-refractivity contribution in [1.82, 2.24) is 9.78 Å². The Balaban J connectivity index is 2.48. The van der Waals surface area contributed by atoms with Crippen LogP contribution in [0.3, 0.4) is 0 Å². The first-order valence-corrected chi connectivity index (χ1v) is 5.43. The van der Waals surface area contributed by atoms with Crippen molar-refractivity contribution in [2.75, 3.05) is 5.73 Å². The molecular weight excluding hydrogens is 243 g/mol. The van der Waals surface area contributed by atoms with Crippen molar-refractivity contribution in [3.05, 3.63) is 41.6 Å². The van der Waals surface area contributed by atoms with Crippen LogP contribution in [0.25, 0.3) is 5.69 Å². The molecule has 0 radical (unpaired) electrons. The maximum atomic E-state index is 12.6. The lowest BCUT2D eigenvalue weighted by Crippen LogP contribution is -2.08. The summed E-state index contributed by atoms with van der Waals surface area (Å²) >= 11 is 0. The van der Waals surface area contributed by atoms with E-state index in [1.54, 1.807) is 6.20 Å². The van der Waals surface area contributed by atoms with Gasteiger partial charge in [0.2, 0.25) is 0 Å². The van der Waals surface area contributed by atoms with Crippen LogP contribution in [0.1, 0.15) is 18.1 Å². The quantitative estimate of drug-likeness (QED) is 0.896. The summed E-state index contributed by atoms with van der Waals surface area (Å²) in [5.41, 5.74) is 6.23. The molecule has 0 aliphatic carbocycles. The molecule has 0 unspecified atom stereocenters. The Bertz CT molecular complexity index is 558. The van der Waals surface area contributed by atoms with E-state index >= 15 is 0 Å². The topological polar surface area (TPSA) is 43.8 Å². The average Bonchev–Trinajstić information content (AvgIpc) is 2.69. The first-order valence-electron chi connectivity index (χ1n) is 5.43. The molecule has 1 aromatic heterocycles. The molecule has 0 bridgehead atoms. The van der Waals surface area contributed by atoms with E-state index in [4.69, 9.17) is 5.73 Å². The summed E-state index contributed by atoms with van der Waals surface area (Å²) in [6.45, 7) is 1.91. The van der Waals surface area contributed by atoms with Gasteiger partial charge in [-0.05, 0) is 24.6 Å². The number of nitrogens with zero attached hydrogens (tertiary/aromatic N) is 2. The van der Waals surface area contributed by atoms with Crippen LogP contribution in [0, 0.1) is 0 Å². The minimum atomic E-state index is -4.37. The second-order valence-electron chi connectivity index (χ2n) is 3.87. The highest BCUT2D eigenvalue weighted by Gasteiger charge is 2.30. The van der Waals surface area contributed by atoms with Crippen LogP contribution < -0.4 is 5.73 Å². The molecule has 0 atom stereocenters. The SMILES string of the molecule is CCc1cnn(-c2cccc(C(F)(F)F)c2)c1N. The van der Waals surface area contributed by atoms with Crippen LogP contribution in [0.5, 0.6) is 0 Å². The fourth-order valence-electron chi connectivity index (χ4n) is 1.68. The fourth-order valence-corrected chi connectivity index (χ4v) is 1.68. The summed E-state index contributed by atoms with van der Waals surface area (Å²) in [5.74, 6) is 0.372. The second-order valence-corrected chi connectivity index (χ2v) is 3.87. The summed E-state index contributed by atoms with van der Waals surface area (Å²) in [4.78, 5) is 0. The monoisotopic (exact) mass is 255 g/mol. The number of anilines is 1. The summed E-state index contributed by atoms with van der Waals surface area (Å²) in [5, 5.41) is 4.00. The van der Waals surface area contributed by atoms with Crippen molar-refractivity contribution < 1.29 is 13.2 Å². The molecule has 1 aromatic carbocycles. The molecule has 0 aliphatic rings. The van der Waals surface area contributed by atoms with Crippen LogP contribution in [-0.2, 0) is 12.6 Å². The molecule has 0 fully saturated rings. The molecule has 0 amide bonds. The number of hydrogen-bond acceptors (Lipinski definition) is 2. The van der Waals surface area contributed by atoms with Gasteiger partial charge in [-0.2, -0.15) is 18.3 Å². The van der Waals surface area contributed by atoms with Crippen LogP contribution in [-0.4, -0.2) is 9.78 Å². The zero-order valence-electron chi connectivity index (χ0n) is 9.70. The molecule has 2 aromatic rings. The zero-order chi connectivity index (χ0) is 13.3. The van der Waals surface area contributed by atoms with Gasteiger partial charge in [0.15, 0.2) is 0 Å².